The van der Waals surface area contributed by atoms with Crippen molar-refractivity contribution in [2.75, 3.05) is 0 Å². The largest absolute Gasteiger partial charge is 0.489 e. The van der Waals surface area contributed by atoms with Gasteiger partial charge in [-0.2, -0.15) is 0 Å². The van der Waals surface area contributed by atoms with E-state index in [0.29, 0.717) is 15.8 Å². The van der Waals surface area contributed by atoms with Crippen LogP contribution in [0.2, 0.25) is 0 Å². The van der Waals surface area contributed by atoms with Gasteiger partial charge in [-0.3, -0.25) is 10.1 Å². The molecule has 0 saturated heterocycles. The van der Waals surface area contributed by atoms with Crippen LogP contribution in [0.3, 0.4) is 0 Å². The van der Waals surface area contributed by atoms with Gasteiger partial charge in [0.15, 0.2) is 0 Å². The highest BCUT2D eigenvalue weighted by molar-refractivity contribution is 9.10. The highest BCUT2D eigenvalue weighted by atomic mass is 79.9. The van der Waals surface area contributed by atoms with Gasteiger partial charge in [0.2, 0.25) is 0 Å². The highest BCUT2D eigenvalue weighted by Gasteiger charge is 2.14. The summed E-state index contributed by atoms with van der Waals surface area (Å²) in [5.41, 5.74) is 1.69. The fraction of sp³-hybridized carbons (Fsp3) is 0.143. The van der Waals surface area contributed by atoms with E-state index in [9.17, 15) is 10.1 Å². The molecule has 0 amide bonds. The van der Waals surface area contributed by atoms with Crippen molar-refractivity contribution in [3.05, 3.63) is 68.2 Å². The first-order valence-corrected chi connectivity index (χ1v) is 7.72. The van der Waals surface area contributed by atoms with Crippen molar-refractivity contribution in [2.24, 2.45) is 0 Å². The number of nitro benzene ring substituents is 1. The molecular weight excluding hydrogens is 390 g/mol. The molecule has 0 unspecified atom stereocenters. The molecule has 20 heavy (non-hydrogen) atoms. The first kappa shape index (κ1) is 15.0. The van der Waals surface area contributed by atoms with Crippen LogP contribution >= 0.6 is 31.9 Å². The van der Waals surface area contributed by atoms with Crippen molar-refractivity contribution in [3.8, 4) is 5.75 Å². The average Bonchev–Trinajstić information content (AvgIpc) is 2.46. The molecule has 0 N–H and O–H groups in total. The number of benzene rings is 2. The Morgan fingerprint density at radius 1 is 1.20 bits per heavy atom. The number of hydrogen-bond donors (Lipinski definition) is 0. The summed E-state index contributed by atoms with van der Waals surface area (Å²) in [4.78, 5) is 10.6. The number of hydrogen-bond acceptors (Lipinski definition) is 3. The third kappa shape index (κ3) is 3.80. The Kier molecular flexibility index (Phi) is 5.14. The molecule has 104 valence electrons. The molecule has 4 nitrogen and oxygen atoms in total. The Hall–Kier alpha value is -1.40. The van der Waals surface area contributed by atoms with Crippen LogP contribution < -0.4 is 4.74 Å². The maximum Gasteiger partial charge on any atom is 0.277 e. The Labute approximate surface area is 133 Å². The molecule has 0 radical (unpaired) electrons. The van der Waals surface area contributed by atoms with Crippen molar-refractivity contribution in [1.29, 1.82) is 0 Å². The second-order valence-electron chi connectivity index (χ2n) is 4.10. The first-order valence-electron chi connectivity index (χ1n) is 5.80. The van der Waals surface area contributed by atoms with E-state index in [1.807, 2.05) is 24.3 Å². The molecule has 0 bridgehead atoms. The van der Waals surface area contributed by atoms with Crippen molar-refractivity contribution in [3.63, 3.8) is 0 Å². The van der Waals surface area contributed by atoms with Crippen molar-refractivity contribution < 1.29 is 9.66 Å². The van der Waals surface area contributed by atoms with Crippen molar-refractivity contribution >= 4 is 37.5 Å². The van der Waals surface area contributed by atoms with E-state index in [2.05, 4.69) is 31.9 Å². The quantitative estimate of drug-likeness (QED) is 0.410. The normalized spacial score (nSPS) is 10.3. The van der Waals surface area contributed by atoms with Gasteiger partial charge in [-0.05, 0) is 29.8 Å². The van der Waals surface area contributed by atoms with E-state index in [1.165, 1.54) is 6.07 Å². The SMILES string of the molecule is O=[N+]([O-])c1cc(Br)ccc1COc1cccc(CBr)c1. The number of ether oxygens (including phenoxy) is 1. The minimum absolute atomic E-state index is 0.0519. The van der Waals surface area contributed by atoms with Gasteiger partial charge in [0.05, 0.1) is 10.5 Å². The van der Waals surface area contributed by atoms with Gasteiger partial charge in [-0.25, -0.2) is 0 Å². The van der Waals surface area contributed by atoms with Crippen LogP contribution in [0.25, 0.3) is 0 Å². The van der Waals surface area contributed by atoms with E-state index in [4.69, 9.17) is 4.74 Å². The predicted octanol–water partition coefficient (Wildman–Crippen LogP) is 4.83. The average molecular weight is 401 g/mol. The van der Waals surface area contributed by atoms with E-state index in [1.54, 1.807) is 12.1 Å². The molecule has 0 aliphatic carbocycles. The molecule has 0 fully saturated rings. The molecule has 0 aliphatic rings. The Bertz CT molecular complexity index is 632. The molecular formula is C14H11Br2NO3. The van der Waals surface area contributed by atoms with Gasteiger partial charge >= 0.3 is 0 Å². The lowest BCUT2D eigenvalue weighted by atomic mass is 10.2. The minimum Gasteiger partial charge on any atom is -0.489 e. The summed E-state index contributed by atoms with van der Waals surface area (Å²) in [6, 6.07) is 12.5. The molecule has 0 spiro atoms. The summed E-state index contributed by atoms with van der Waals surface area (Å²) in [6.07, 6.45) is 0. The van der Waals surface area contributed by atoms with Crippen molar-refractivity contribution in [2.45, 2.75) is 11.9 Å². The Balaban J connectivity index is 2.16. The topological polar surface area (TPSA) is 52.4 Å². The third-order valence-electron chi connectivity index (χ3n) is 2.69. The van der Waals surface area contributed by atoms with Gasteiger partial charge in [-0.15, -0.1) is 0 Å². The molecule has 0 heterocycles. The lowest BCUT2D eigenvalue weighted by Crippen LogP contribution is -2.00. The number of nitrogens with zero attached hydrogens (tertiary/aromatic N) is 1. The third-order valence-corrected chi connectivity index (χ3v) is 3.83. The molecule has 2 rings (SSSR count). The molecule has 0 saturated carbocycles. The summed E-state index contributed by atoms with van der Waals surface area (Å²) in [5.74, 6) is 0.694. The van der Waals surface area contributed by atoms with Gasteiger partial charge in [-0.1, -0.05) is 44.0 Å². The zero-order valence-electron chi connectivity index (χ0n) is 10.4. The van der Waals surface area contributed by atoms with Gasteiger partial charge in [0.25, 0.3) is 5.69 Å². The maximum atomic E-state index is 11.0. The fourth-order valence-corrected chi connectivity index (χ4v) is 2.41. The van der Waals surface area contributed by atoms with Crippen LogP contribution in [0, 0.1) is 10.1 Å². The summed E-state index contributed by atoms with van der Waals surface area (Å²) < 4.78 is 6.30. The summed E-state index contributed by atoms with van der Waals surface area (Å²) in [7, 11) is 0. The van der Waals surface area contributed by atoms with Gasteiger partial charge in [0, 0.05) is 15.9 Å². The number of halogens is 2. The smallest absolute Gasteiger partial charge is 0.277 e. The van der Waals surface area contributed by atoms with Crippen LogP contribution in [0.15, 0.2) is 46.9 Å². The molecule has 6 heteroatoms. The van der Waals surface area contributed by atoms with E-state index in [0.717, 1.165) is 10.9 Å². The zero-order chi connectivity index (χ0) is 14.5. The summed E-state index contributed by atoms with van der Waals surface area (Å²) in [5, 5.41) is 11.7. The van der Waals surface area contributed by atoms with Crippen LogP contribution in [0.5, 0.6) is 5.75 Å². The van der Waals surface area contributed by atoms with E-state index >= 15 is 0 Å². The Morgan fingerprint density at radius 2 is 2.00 bits per heavy atom. The summed E-state index contributed by atoms with van der Waals surface area (Å²) >= 11 is 6.61. The number of rotatable bonds is 5. The molecule has 2 aromatic rings. The molecule has 0 aliphatic heterocycles. The molecule has 0 aromatic heterocycles. The maximum absolute atomic E-state index is 11.0. The van der Waals surface area contributed by atoms with Crippen LogP contribution in [0.4, 0.5) is 5.69 Å². The fourth-order valence-electron chi connectivity index (χ4n) is 1.71. The van der Waals surface area contributed by atoms with Gasteiger partial charge in [0.1, 0.15) is 12.4 Å². The number of alkyl halides is 1. The van der Waals surface area contributed by atoms with E-state index in [-0.39, 0.29) is 12.3 Å². The van der Waals surface area contributed by atoms with E-state index < -0.39 is 4.92 Å². The summed E-state index contributed by atoms with van der Waals surface area (Å²) in [6.45, 7) is 0.162. The highest BCUT2D eigenvalue weighted by Crippen LogP contribution is 2.25. The van der Waals surface area contributed by atoms with Crippen LogP contribution in [-0.2, 0) is 11.9 Å². The van der Waals surface area contributed by atoms with Gasteiger partial charge < -0.3 is 4.74 Å². The van der Waals surface area contributed by atoms with Crippen molar-refractivity contribution in [1.82, 2.24) is 0 Å². The predicted molar refractivity (Wildman–Crippen MR) is 84.2 cm³/mol. The zero-order valence-corrected chi connectivity index (χ0v) is 13.6. The second kappa shape index (κ2) is 6.85. The van der Waals surface area contributed by atoms with Crippen LogP contribution in [-0.4, -0.2) is 4.92 Å². The molecule has 0 atom stereocenters. The second-order valence-corrected chi connectivity index (χ2v) is 5.58. The monoisotopic (exact) mass is 399 g/mol. The minimum atomic E-state index is -0.404. The lowest BCUT2D eigenvalue weighted by Gasteiger charge is -2.08. The van der Waals surface area contributed by atoms with Crippen LogP contribution in [0.1, 0.15) is 11.1 Å². The first-order chi connectivity index (χ1) is 9.60. The standard InChI is InChI=1S/C14H11Br2NO3/c15-8-10-2-1-3-13(6-10)20-9-11-4-5-12(16)7-14(11)17(18)19/h1-7H,8-9H2. The molecule has 2 aromatic carbocycles. The lowest BCUT2D eigenvalue weighted by molar-refractivity contribution is -0.385. The Morgan fingerprint density at radius 3 is 2.70 bits per heavy atom. The number of nitro groups is 1.